The van der Waals surface area contributed by atoms with Gasteiger partial charge >= 0.3 is 0 Å². The van der Waals surface area contributed by atoms with Gasteiger partial charge in [0.1, 0.15) is 18.7 Å². The second kappa shape index (κ2) is 9.29. The molecule has 1 saturated heterocycles. The monoisotopic (exact) mass is 355 g/mol. The number of para-hydroxylation sites is 1. The van der Waals surface area contributed by atoms with E-state index in [0.29, 0.717) is 37.7 Å². The normalized spacial score (nSPS) is 17.1. The number of hydrogen-bond acceptors (Lipinski definition) is 5. The molecule has 0 unspecified atom stereocenters. The molecule has 0 saturated carbocycles. The number of rotatable bonds is 7. The minimum Gasteiger partial charge on any atom is -0.490 e. The molecule has 1 aliphatic heterocycles. The molecule has 6 nitrogen and oxygen atoms in total. The van der Waals surface area contributed by atoms with Crippen molar-refractivity contribution in [2.24, 2.45) is 0 Å². The van der Waals surface area contributed by atoms with Crippen molar-refractivity contribution < 1.29 is 14.3 Å². The number of piperidine rings is 1. The minimum absolute atomic E-state index is 0.00997. The average molecular weight is 355 g/mol. The summed E-state index contributed by atoms with van der Waals surface area (Å²) in [4.78, 5) is 23.3. The molecule has 2 aromatic rings. The molecule has 0 radical (unpaired) electrons. The predicted octanol–water partition coefficient (Wildman–Crippen LogP) is 2.91. The maximum atomic E-state index is 13.1. The highest BCUT2D eigenvalue weighted by atomic mass is 16.5. The molecule has 3 rings (SSSR count). The van der Waals surface area contributed by atoms with Crippen LogP contribution in [0.25, 0.3) is 0 Å². The highest BCUT2D eigenvalue weighted by Crippen LogP contribution is 2.28. The molecule has 0 spiro atoms. The number of ether oxygens (including phenoxy) is 2. The van der Waals surface area contributed by atoms with Crippen molar-refractivity contribution in [3.63, 3.8) is 0 Å². The first-order valence-electron chi connectivity index (χ1n) is 9.14. The van der Waals surface area contributed by atoms with E-state index in [0.717, 1.165) is 25.1 Å². The number of likely N-dealkylation sites (tertiary alicyclic amines) is 1. The Kier molecular flexibility index (Phi) is 6.55. The van der Waals surface area contributed by atoms with E-state index in [1.54, 1.807) is 12.5 Å². The molecule has 1 fully saturated rings. The third kappa shape index (κ3) is 4.58. The molecule has 1 aromatic carbocycles. The SMILES string of the molecule is CCOCCOc1ccccc1C(=O)N1CCC[C@@H](c2ccncn2)C1. The lowest BCUT2D eigenvalue weighted by atomic mass is 9.94. The van der Waals surface area contributed by atoms with Crippen LogP contribution in [0.4, 0.5) is 0 Å². The zero-order valence-electron chi connectivity index (χ0n) is 15.1. The van der Waals surface area contributed by atoms with Crippen molar-refractivity contribution in [2.75, 3.05) is 32.9 Å². The summed E-state index contributed by atoms with van der Waals surface area (Å²) in [5.41, 5.74) is 1.60. The van der Waals surface area contributed by atoms with Gasteiger partial charge in [0.15, 0.2) is 0 Å². The number of carbonyl (C=O) groups is 1. The van der Waals surface area contributed by atoms with Crippen molar-refractivity contribution in [3.05, 3.63) is 54.1 Å². The number of hydrogen-bond donors (Lipinski definition) is 0. The van der Waals surface area contributed by atoms with Gasteiger partial charge in [-0.25, -0.2) is 9.97 Å². The van der Waals surface area contributed by atoms with Crippen LogP contribution in [0, 0.1) is 0 Å². The van der Waals surface area contributed by atoms with Gasteiger partial charge in [-0.15, -0.1) is 0 Å². The Bertz CT molecular complexity index is 708. The maximum absolute atomic E-state index is 13.1. The fraction of sp³-hybridized carbons (Fsp3) is 0.450. The zero-order valence-corrected chi connectivity index (χ0v) is 15.1. The molecule has 2 heterocycles. The van der Waals surface area contributed by atoms with Crippen LogP contribution in [0.2, 0.25) is 0 Å². The van der Waals surface area contributed by atoms with Gasteiger partial charge in [0, 0.05) is 37.5 Å². The minimum atomic E-state index is 0.00997. The second-order valence-corrected chi connectivity index (χ2v) is 6.27. The first-order chi connectivity index (χ1) is 12.8. The highest BCUT2D eigenvalue weighted by Gasteiger charge is 2.27. The van der Waals surface area contributed by atoms with Gasteiger partial charge in [-0.3, -0.25) is 4.79 Å². The Balaban J connectivity index is 1.68. The number of benzene rings is 1. The van der Waals surface area contributed by atoms with Gasteiger partial charge in [0.2, 0.25) is 0 Å². The Morgan fingerprint density at radius 1 is 1.27 bits per heavy atom. The molecule has 138 valence electrons. The molecular formula is C20H25N3O3. The van der Waals surface area contributed by atoms with Crippen molar-refractivity contribution in [1.29, 1.82) is 0 Å². The van der Waals surface area contributed by atoms with Crippen LogP contribution in [-0.4, -0.2) is 53.7 Å². The van der Waals surface area contributed by atoms with E-state index in [2.05, 4.69) is 9.97 Å². The van der Waals surface area contributed by atoms with Crippen LogP contribution in [0.5, 0.6) is 5.75 Å². The zero-order chi connectivity index (χ0) is 18.2. The predicted molar refractivity (Wildman–Crippen MR) is 98.3 cm³/mol. The van der Waals surface area contributed by atoms with E-state index in [-0.39, 0.29) is 11.8 Å². The van der Waals surface area contributed by atoms with Gasteiger partial charge in [-0.1, -0.05) is 12.1 Å². The molecule has 1 aromatic heterocycles. The topological polar surface area (TPSA) is 64.6 Å². The van der Waals surface area contributed by atoms with Gasteiger partial charge in [0.25, 0.3) is 5.91 Å². The standard InChI is InChI=1S/C20H25N3O3/c1-2-25-12-13-26-19-8-4-3-7-17(19)20(24)23-11-5-6-16(14-23)18-9-10-21-15-22-18/h3-4,7-10,15-16H,2,5-6,11-14H2,1H3/t16-/m1/s1. The van der Waals surface area contributed by atoms with E-state index in [9.17, 15) is 4.79 Å². The average Bonchev–Trinajstić information content (AvgIpc) is 2.72. The summed E-state index contributed by atoms with van der Waals surface area (Å²) in [6.07, 6.45) is 5.32. The van der Waals surface area contributed by atoms with Crippen molar-refractivity contribution in [1.82, 2.24) is 14.9 Å². The van der Waals surface area contributed by atoms with Crippen LogP contribution in [0.15, 0.2) is 42.9 Å². The molecule has 1 aliphatic rings. The fourth-order valence-electron chi connectivity index (χ4n) is 3.24. The Hall–Kier alpha value is -2.47. The van der Waals surface area contributed by atoms with Crippen LogP contribution in [-0.2, 0) is 4.74 Å². The van der Waals surface area contributed by atoms with E-state index in [4.69, 9.17) is 9.47 Å². The van der Waals surface area contributed by atoms with Crippen molar-refractivity contribution in [2.45, 2.75) is 25.7 Å². The number of aromatic nitrogens is 2. The van der Waals surface area contributed by atoms with Crippen molar-refractivity contribution >= 4 is 5.91 Å². The third-order valence-corrected chi connectivity index (χ3v) is 4.54. The molecule has 0 bridgehead atoms. The van der Waals surface area contributed by atoms with Gasteiger partial charge in [-0.05, 0) is 38.0 Å². The van der Waals surface area contributed by atoms with Crippen LogP contribution >= 0.6 is 0 Å². The molecule has 26 heavy (non-hydrogen) atoms. The summed E-state index contributed by atoms with van der Waals surface area (Å²) in [6, 6.07) is 9.35. The fourth-order valence-corrected chi connectivity index (χ4v) is 3.24. The smallest absolute Gasteiger partial charge is 0.257 e. The summed E-state index contributed by atoms with van der Waals surface area (Å²) in [5.74, 6) is 0.874. The summed E-state index contributed by atoms with van der Waals surface area (Å²) in [6.45, 7) is 4.97. The van der Waals surface area contributed by atoms with Crippen molar-refractivity contribution in [3.8, 4) is 5.75 Å². The third-order valence-electron chi connectivity index (χ3n) is 4.54. The Labute approximate surface area is 154 Å². The summed E-state index contributed by atoms with van der Waals surface area (Å²) in [7, 11) is 0. The molecule has 0 aliphatic carbocycles. The quantitative estimate of drug-likeness (QED) is 0.715. The van der Waals surface area contributed by atoms with E-state index < -0.39 is 0 Å². The van der Waals surface area contributed by atoms with E-state index >= 15 is 0 Å². The van der Waals surface area contributed by atoms with E-state index in [1.807, 2.05) is 42.2 Å². The number of nitrogens with zero attached hydrogens (tertiary/aromatic N) is 3. The molecule has 6 heteroatoms. The second-order valence-electron chi connectivity index (χ2n) is 6.27. The number of carbonyl (C=O) groups excluding carboxylic acids is 1. The summed E-state index contributed by atoms with van der Waals surface area (Å²) in [5, 5.41) is 0. The molecule has 1 atom stereocenters. The first-order valence-corrected chi connectivity index (χ1v) is 9.14. The first kappa shape index (κ1) is 18.3. The van der Waals surface area contributed by atoms with Crippen LogP contribution in [0.1, 0.15) is 41.7 Å². The Morgan fingerprint density at radius 3 is 2.96 bits per heavy atom. The van der Waals surface area contributed by atoms with Crippen LogP contribution < -0.4 is 4.74 Å². The molecule has 1 amide bonds. The highest BCUT2D eigenvalue weighted by molar-refractivity contribution is 5.97. The van der Waals surface area contributed by atoms with Gasteiger partial charge in [-0.2, -0.15) is 0 Å². The number of amides is 1. The Morgan fingerprint density at radius 2 is 2.15 bits per heavy atom. The van der Waals surface area contributed by atoms with Crippen LogP contribution in [0.3, 0.4) is 0 Å². The van der Waals surface area contributed by atoms with Gasteiger partial charge in [0.05, 0.1) is 12.2 Å². The summed E-state index contributed by atoms with van der Waals surface area (Å²) >= 11 is 0. The van der Waals surface area contributed by atoms with E-state index in [1.165, 1.54) is 0 Å². The van der Waals surface area contributed by atoms with Gasteiger partial charge < -0.3 is 14.4 Å². The molecule has 0 N–H and O–H groups in total. The lowest BCUT2D eigenvalue weighted by Gasteiger charge is -2.32. The lowest BCUT2D eigenvalue weighted by molar-refractivity contribution is 0.0696. The largest absolute Gasteiger partial charge is 0.490 e. The maximum Gasteiger partial charge on any atom is 0.257 e. The summed E-state index contributed by atoms with van der Waals surface area (Å²) < 4.78 is 11.1. The lowest BCUT2D eigenvalue weighted by Crippen LogP contribution is -2.39. The molecular weight excluding hydrogens is 330 g/mol.